The highest BCUT2D eigenvalue weighted by Crippen LogP contribution is 2.26. The first-order valence-electron chi connectivity index (χ1n) is 7.80. The molecule has 0 atom stereocenters. The minimum Gasteiger partial charge on any atom is -0.507 e. The number of phenols is 1. The van der Waals surface area contributed by atoms with E-state index in [1.807, 2.05) is 27.7 Å². The number of carbonyl (C=O) groups excluding carboxylic acids is 2. The summed E-state index contributed by atoms with van der Waals surface area (Å²) >= 11 is 6.19. The second kappa shape index (κ2) is 7.15. The standard InChI is InChI=1S/C19H21ClN2O3/c1-11-5-8-16(23)13(9-11)18(25)21-15-7-6-12(10-14(15)20)17(24)22-19(2,3)4/h5-10,23H,1-4H3,(H,21,25)(H,22,24). The second-order valence-corrected chi connectivity index (χ2v) is 7.28. The molecular weight excluding hydrogens is 340 g/mol. The Morgan fingerprint density at radius 3 is 2.32 bits per heavy atom. The monoisotopic (exact) mass is 360 g/mol. The Morgan fingerprint density at radius 2 is 1.72 bits per heavy atom. The average molecular weight is 361 g/mol. The second-order valence-electron chi connectivity index (χ2n) is 6.87. The summed E-state index contributed by atoms with van der Waals surface area (Å²) in [5.74, 6) is -0.834. The third-order valence-electron chi connectivity index (χ3n) is 3.36. The van der Waals surface area contributed by atoms with Crippen LogP contribution in [0.1, 0.15) is 47.1 Å². The minimum absolute atomic E-state index is 0.111. The molecule has 2 aromatic carbocycles. The molecule has 0 fully saturated rings. The molecule has 0 saturated carbocycles. The summed E-state index contributed by atoms with van der Waals surface area (Å²) in [5, 5.41) is 15.6. The van der Waals surface area contributed by atoms with Gasteiger partial charge >= 0.3 is 0 Å². The zero-order chi connectivity index (χ0) is 18.8. The van der Waals surface area contributed by atoms with Gasteiger partial charge in [-0.25, -0.2) is 0 Å². The van der Waals surface area contributed by atoms with Gasteiger partial charge in [0, 0.05) is 11.1 Å². The van der Waals surface area contributed by atoms with Crippen LogP contribution in [0.15, 0.2) is 36.4 Å². The van der Waals surface area contributed by atoms with Gasteiger partial charge in [0.15, 0.2) is 0 Å². The van der Waals surface area contributed by atoms with Crippen LogP contribution in [0.2, 0.25) is 5.02 Å². The van der Waals surface area contributed by atoms with Crippen LogP contribution in [0, 0.1) is 6.92 Å². The van der Waals surface area contributed by atoms with Crippen molar-refractivity contribution in [1.82, 2.24) is 5.32 Å². The summed E-state index contributed by atoms with van der Waals surface area (Å²) in [4.78, 5) is 24.5. The van der Waals surface area contributed by atoms with Crippen LogP contribution in [0.5, 0.6) is 5.75 Å². The summed E-state index contributed by atoms with van der Waals surface area (Å²) in [5.41, 5.74) is 1.41. The molecule has 0 radical (unpaired) electrons. The minimum atomic E-state index is -0.477. The van der Waals surface area contributed by atoms with Gasteiger partial charge in [-0.3, -0.25) is 9.59 Å². The number of halogens is 1. The molecule has 0 saturated heterocycles. The first-order chi connectivity index (χ1) is 11.6. The van der Waals surface area contributed by atoms with Gasteiger partial charge in [0.2, 0.25) is 0 Å². The zero-order valence-corrected chi connectivity index (χ0v) is 15.4. The summed E-state index contributed by atoms with van der Waals surface area (Å²) in [7, 11) is 0. The third-order valence-corrected chi connectivity index (χ3v) is 3.68. The van der Waals surface area contributed by atoms with Crippen LogP contribution in [-0.4, -0.2) is 22.5 Å². The lowest BCUT2D eigenvalue weighted by molar-refractivity contribution is 0.0919. The highest BCUT2D eigenvalue weighted by molar-refractivity contribution is 6.34. The van der Waals surface area contributed by atoms with Gasteiger partial charge in [-0.2, -0.15) is 0 Å². The highest BCUT2D eigenvalue weighted by atomic mass is 35.5. The van der Waals surface area contributed by atoms with E-state index in [1.54, 1.807) is 24.3 Å². The van der Waals surface area contributed by atoms with Crippen LogP contribution in [0.25, 0.3) is 0 Å². The number of anilines is 1. The molecule has 25 heavy (non-hydrogen) atoms. The van der Waals surface area contributed by atoms with Crippen LogP contribution in [-0.2, 0) is 0 Å². The van der Waals surface area contributed by atoms with Crippen LogP contribution in [0.3, 0.4) is 0 Å². The van der Waals surface area contributed by atoms with Crippen LogP contribution < -0.4 is 10.6 Å². The number of hydrogen-bond acceptors (Lipinski definition) is 3. The number of phenolic OH excluding ortho intramolecular Hbond substituents is 1. The molecule has 2 amide bonds. The molecule has 0 heterocycles. The Kier molecular flexibility index (Phi) is 5.38. The summed E-state index contributed by atoms with van der Waals surface area (Å²) in [6.45, 7) is 7.48. The van der Waals surface area contributed by atoms with Crippen molar-refractivity contribution < 1.29 is 14.7 Å². The van der Waals surface area contributed by atoms with Crippen molar-refractivity contribution in [2.24, 2.45) is 0 Å². The Bertz CT molecular complexity index is 826. The Hall–Kier alpha value is -2.53. The normalized spacial score (nSPS) is 11.1. The maximum absolute atomic E-state index is 12.3. The molecule has 2 aromatic rings. The van der Waals surface area contributed by atoms with Gasteiger partial charge in [-0.15, -0.1) is 0 Å². The van der Waals surface area contributed by atoms with E-state index in [2.05, 4.69) is 10.6 Å². The molecule has 3 N–H and O–H groups in total. The molecule has 0 aliphatic heterocycles. The summed E-state index contributed by atoms with van der Waals surface area (Å²) in [6, 6.07) is 9.40. The third kappa shape index (κ3) is 4.97. The smallest absolute Gasteiger partial charge is 0.259 e. The van der Waals surface area contributed by atoms with Crippen molar-refractivity contribution in [3.05, 3.63) is 58.1 Å². The van der Waals surface area contributed by atoms with Gasteiger partial charge in [-0.1, -0.05) is 23.2 Å². The lowest BCUT2D eigenvalue weighted by Crippen LogP contribution is -2.40. The van der Waals surface area contributed by atoms with Gasteiger partial charge in [0.05, 0.1) is 16.3 Å². The van der Waals surface area contributed by atoms with Crippen LogP contribution in [0.4, 0.5) is 5.69 Å². The Morgan fingerprint density at radius 1 is 1.04 bits per heavy atom. The largest absolute Gasteiger partial charge is 0.507 e. The Balaban J connectivity index is 2.20. The van der Waals surface area contributed by atoms with E-state index in [-0.39, 0.29) is 27.8 Å². The van der Waals surface area contributed by atoms with Crippen molar-refractivity contribution in [2.45, 2.75) is 33.2 Å². The molecule has 132 valence electrons. The maximum Gasteiger partial charge on any atom is 0.259 e. The lowest BCUT2D eigenvalue weighted by atomic mass is 10.1. The molecule has 0 aromatic heterocycles. The molecule has 2 rings (SSSR count). The van der Waals surface area contributed by atoms with Gasteiger partial charge in [0.1, 0.15) is 5.75 Å². The van der Waals surface area contributed by atoms with E-state index in [0.29, 0.717) is 11.3 Å². The van der Waals surface area contributed by atoms with Crippen LogP contribution >= 0.6 is 11.6 Å². The maximum atomic E-state index is 12.3. The number of benzene rings is 2. The Labute approximate surface area is 152 Å². The predicted molar refractivity (Wildman–Crippen MR) is 99.5 cm³/mol. The van der Waals surface area contributed by atoms with E-state index in [9.17, 15) is 14.7 Å². The number of nitrogens with one attached hydrogen (secondary N) is 2. The topological polar surface area (TPSA) is 78.4 Å². The molecule has 0 bridgehead atoms. The number of rotatable bonds is 3. The van der Waals surface area contributed by atoms with Crippen molar-refractivity contribution in [1.29, 1.82) is 0 Å². The van der Waals surface area contributed by atoms with Gasteiger partial charge < -0.3 is 15.7 Å². The van der Waals surface area contributed by atoms with E-state index in [1.165, 1.54) is 12.1 Å². The molecule has 0 aliphatic carbocycles. The quantitative estimate of drug-likeness (QED) is 0.769. The fourth-order valence-corrected chi connectivity index (χ4v) is 2.42. The first kappa shape index (κ1) is 18.8. The number of hydrogen-bond donors (Lipinski definition) is 3. The number of amides is 2. The summed E-state index contributed by atoms with van der Waals surface area (Å²) in [6.07, 6.45) is 0. The molecule has 5 nitrogen and oxygen atoms in total. The van der Waals surface area contributed by atoms with Crippen molar-refractivity contribution >= 4 is 29.1 Å². The molecule has 0 aliphatic rings. The van der Waals surface area contributed by atoms with E-state index in [0.717, 1.165) is 5.56 Å². The molecule has 6 heteroatoms. The number of aryl methyl sites for hydroxylation is 1. The SMILES string of the molecule is Cc1ccc(O)c(C(=O)Nc2ccc(C(=O)NC(C)(C)C)cc2Cl)c1. The van der Waals surface area contributed by atoms with Crippen molar-refractivity contribution in [2.75, 3.05) is 5.32 Å². The molecule has 0 spiro atoms. The van der Waals surface area contributed by atoms with E-state index < -0.39 is 5.91 Å². The van der Waals surface area contributed by atoms with Gasteiger partial charge in [0.25, 0.3) is 11.8 Å². The highest BCUT2D eigenvalue weighted by Gasteiger charge is 2.17. The lowest BCUT2D eigenvalue weighted by Gasteiger charge is -2.20. The summed E-state index contributed by atoms with van der Waals surface area (Å²) < 4.78 is 0. The number of aromatic hydroxyl groups is 1. The predicted octanol–water partition coefficient (Wildman–Crippen LogP) is 4.13. The van der Waals surface area contributed by atoms with Crippen molar-refractivity contribution in [3.8, 4) is 5.75 Å². The van der Waals surface area contributed by atoms with E-state index in [4.69, 9.17) is 11.6 Å². The van der Waals surface area contributed by atoms with E-state index >= 15 is 0 Å². The fraction of sp³-hybridized carbons (Fsp3) is 0.263. The van der Waals surface area contributed by atoms with Crippen molar-refractivity contribution in [3.63, 3.8) is 0 Å². The first-order valence-corrected chi connectivity index (χ1v) is 8.17. The molecular formula is C19H21ClN2O3. The molecule has 0 unspecified atom stereocenters. The fourth-order valence-electron chi connectivity index (χ4n) is 2.19. The number of carbonyl (C=O) groups is 2. The average Bonchev–Trinajstić information content (AvgIpc) is 2.49. The zero-order valence-electron chi connectivity index (χ0n) is 14.6. The van der Waals surface area contributed by atoms with Gasteiger partial charge in [-0.05, 0) is 58.0 Å².